The van der Waals surface area contributed by atoms with Crippen molar-refractivity contribution in [3.8, 4) is 0 Å². The molecule has 0 aliphatic heterocycles. The van der Waals surface area contributed by atoms with Crippen LogP contribution in [0.25, 0.3) is 6.08 Å². The Bertz CT molecular complexity index is 307. The third-order valence-electron chi connectivity index (χ3n) is 2.36. The van der Waals surface area contributed by atoms with E-state index in [0.717, 1.165) is 0 Å². The van der Waals surface area contributed by atoms with Crippen LogP contribution < -0.4 is 12.4 Å². The van der Waals surface area contributed by atoms with Gasteiger partial charge in [0.05, 0.1) is 0 Å². The van der Waals surface area contributed by atoms with E-state index < -0.39 is 0 Å². The van der Waals surface area contributed by atoms with E-state index in [1.807, 2.05) is 0 Å². The molecule has 0 fully saturated rings. The molecule has 1 aliphatic rings. The van der Waals surface area contributed by atoms with E-state index in [1.165, 1.54) is 21.7 Å². The van der Waals surface area contributed by atoms with Crippen LogP contribution in [-0.4, -0.2) is 0 Å². The summed E-state index contributed by atoms with van der Waals surface area (Å²) in [6.45, 7) is 0. The first kappa shape index (κ1) is 11.2. The zero-order chi connectivity index (χ0) is 8.39. The topological polar surface area (TPSA) is 0 Å². The zero-order valence-electron chi connectivity index (χ0n) is 7.33. The van der Waals surface area contributed by atoms with Gasteiger partial charge in [0.15, 0.2) is 0 Å². The van der Waals surface area contributed by atoms with Crippen molar-refractivity contribution < 1.29 is 37.1 Å². The number of hydrogen-bond donors (Lipinski definition) is 0. The van der Waals surface area contributed by atoms with Gasteiger partial charge in [-0.2, -0.15) is 0 Å². The molecule has 1 aromatic rings. The van der Waals surface area contributed by atoms with Gasteiger partial charge in [0.2, 0.25) is 0 Å². The molecule has 0 bridgehead atoms. The minimum absolute atomic E-state index is 0. The Kier molecular flexibility index (Phi) is 4.42. The third-order valence-corrected chi connectivity index (χ3v) is 3.07. The summed E-state index contributed by atoms with van der Waals surface area (Å²) in [5.41, 5.74) is 2.95. The molecular formula is C11H11ClZr. The summed E-state index contributed by atoms with van der Waals surface area (Å²) in [4.78, 5) is 0. The molecule has 0 nitrogen and oxygen atoms in total. The maximum absolute atomic E-state index is 2.34. The molecule has 1 unspecified atom stereocenters. The van der Waals surface area contributed by atoms with Gasteiger partial charge in [-0.3, -0.25) is 0 Å². The van der Waals surface area contributed by atoms with E-state index in [-0.39, 0.29) is 12.4 Å². The minimum atomic E-state index is 0. The fraction of sp³-hybridized carbons (Fsp3) is 0.273. The van der Waals surface area contributed by atoms with Crippen molar-refractivity contribution >= 4 is 6.08 Å². The van der Waals surface area contributed by atoms with Crippen molar-refractivity contribution in [2.24, 2.45) is 0 Å². The molecule has 66 valence electrons. The molecule has 0 spiro atoms. The standard InChI is InChI=1S/C11H11.ClH.Zr/c1-2-9-7-8-10-5-3-4-6-11(9)10;;/h3-9H,1-2H2;1H;/q;;+1/p-1. The van der Waals surface area contributed by atoms with Gasteiger partial charge in [-0.25, -0.2) is 0 Å². The molecule has 0 radical (unpaired) electrons. The summed E-state index contributed by atoms with van der Waals surface area (Å²) >= 11 is 1.65. The van der Waals surface area contributed by atoms with Crippen LogP contribution >= 0.6 is 0 Å². The van der Waals surface area contributed by atoms with Gasteiger partial charge in [0, 0.05) is 0 Å². The number of benzene rings is 1. The van der Waals surface area contributed by atoms with Gasteiger partial charge in [-0.15, -0.1) is 0 Å². The van der Waals surface area contributed by atoms with Crippen molar-refractivity contribution in [2.75, 3.05) is 0 Å². The van der Waals surface area contributed by atoms with Gasteiger partial charge in [-0.1, -0.05) is 0 Å². The second-order valence-corrected chi connectivity index (χ2v) is 4.36. The van der Waals surface area contributed by atoms with Crippen molar-refractivity contribution in [3.05, 3.63) is 41.5 Å². The first-order valence-corrected chi connectivity index (χ1v) is 6.07. The van der Waals surface area contributed by atoms with Gasteiger partial charge >= 0.3 is 88.7 Å². The van der Waals surface area contributed by atoms with Crippen molar-refractivity contribution in [3.63, 3.8) is 0 Å². The van der Waals surface area contributed by atoms with Crippen LogP contribution in [0.1, 0.15) is 23.5 Å². The molecule has 1 aromatic carbocycles. The summed E-state index contributed by atoms with van der Waals surface area (Å²) in [6, 6.07) is 8.71. The number of allylic oxidation sites excluding steroid dienone is 1. The van der Waals surface area contributed by atoms with E-state index in [1.54, 1.807) is 24.7 Å². The average Bonchev–Trinajstić information content (AvgIpc) is 2.50. The molecule has 0 aromatic heterocycles. The van der Waals surface area contributed by atoms with Crippen LogP contribution in [-0.2, 0) is 24.7 Å². The van der Waals surface area contributed by atoms with Gasteiger partial charge in [0.25, 0.3) is 0 Å². The van der Waals surface area contributed by atoms with Crippen molar-refractivity contribution in [2.45, 2.75) is 16.5 Å². The Morgan fingerprint density at radius 1 is 1.23 bits per heavy atom. The van der Waals surface area contributed by atoms with Crippen LogP contribution in [0.15, 0.2) is 30.3 Å². The number of halogens is 1. The monoisotopic (exact) mass is 268 g/mol. The summed E-state index contributed by atoms with van der Waals surface area (Å²) in [6.07, 6.45) is 5.92. The fourth-order valence-corrected chi connectivity index (χ4v) is 2.50. The second kappa shape index (κ2) is 5.12. The van der Waals surface area contributed by atoms with E-state index >= 15 is 0 Å². The summed E-state index contributed by atoms with van der Waals surface area (Å²) in [5.74, 6) is 0.709. The molecule has 2 heteroatoms. The average molecular weight is 270 g/mol. The Morgan fingerprint density at radius 3 is 2.77 bits per heavy atom. The first-order chi connectivity index (χ1) is 5.92. The van der Waals surface area contributed by atoms with Crippen LogP contribution in [0, 0.1) is 0 Å². The molecule has 1 aliphatic carbocycles. The number of rotatable bonds is 2. The van der Waals surface area contributed by atoms with Crippen molar-refractivity contribution in [1.82, 2.24) is 0 Å². The van der Waals surface area contributed by atoms with Crippen LogP contribution in [0.2, 0.25) is 4.13 Å². The predicted molar refractivity (Wildman–Crippen MR) is 47.6 cm³/mol. The molecule has 1 atom stereocenters. The molecule has 0 amide bonds. The van der Waals surface area contributed by atoms with Crippen LogP contribution in [0.4, 0.5) is 0 Å². The van der Waals surface area contributed by atoms with E-state index in [2.05, 4.69) is 36.4 Å². The van der Waals surface area contributed by atoms with E-state index in [4.69, 9.17) is 0 Å². The van der Waals surface area contributed by atoms with E-state index in [9.17, 15) is 0 Å². The van der Waals surface area contributed by atoms with Crippen molar-refractivity contribution in [1.29, 1.82) is 0 Å². The maximum atomic E-state index is 2.34. The molecular weight excluding hydrogens is 259 g/mol. The predicted octanol–water partition coefficient (Wildman–Crippen LogP) is 0.156. The second-order valence-electron chi connectivity index (χ2n) is 3.13. The SMILES string of the molecule is [Cl-].[Zr+][CH2]CC1C=Cc2ccccc21. The quantitative estimate of drug-likeness (QED) is 0.718. The molecule has 0 saturated carbocycles. The Labute approximate surface area is 101 Å². The summed E-state index contributed by atoms with van der Waals surface area (Å²) < 4.78 is 1.36. The summed E-state index contributed by atoms with van der Waals surface area (Å²) in [7, 11) is 0. The van der Waals surface area contributed by atoms with Crippen LogP contribution in [0.5, 0.6) is 0 Å². The Hall–Kier alpha value is 0.133. The molecule has 0 saturated heterocycles. The Balaban J connectivity index is 0.000000845. The third kappa shape index (κ3) is 2.33. The van der Waals surface area contributed by atoms with Crippen LogP contribution in [0.3, 0.4) is 0 Å². The molecule has 13 heavy (non-hydrogen) atoms. The number of hydrogen-bond acceptors (Lipinski definition) is 0. The zero-order valence-corrected chi connectivity index (χ0v) is 10.5. The first-order valence-electron chi connectivity index (χ1n) is 4.33. The summed E-state index contributed by atoms with van der Waals surface area (Å²) in [5, 5.41) is 0. The van der Waals surface area contributed by atoms with Gasteiger partial charge in [-0.05, 0) is 0 Å². The molecule has 0 heterocycles. The van der Waals surface area contributed by atoms with Gasteiger partial charge in [0.1, 0.15) is 0 Å². The molecule has 0 N–H and O–H groups in total. The van der Waals surface area contributed by atoms with E-state index in [0.29, 0.717) is 5.92 Å². The fourth-order valence-electron chi connectivity index (χ4n) is 1.73. The molecule has 2 rings (SSSR count). The Morgan fingerprint density at radius 2 is 2.00 bits per heavy atom. The van der Waals surface area contributed by atoms with Gasteiger partial charge < -0.3 is 12.4 Å². The normalized spacial score (nSPS) is 17.9. The number of fused-ring (bicyclic) bond motifs is 1.